The van der Waals surface area contributed by atoms with Crippen LogP contribution in [0.5, 0.6) is 5.75 Å². The monoisotopic (exact) mass is 235 g/mol. The van der Waals surface area contributed by atoms with E-state index in [4.69, 9.17) is 15.9 Å². The van der Waals surface area contributed by atoms with Gasteiger partial charge in [-0.25, -0.2) is 4.79 Å². The van der Waals surface area contributed by atoms with Gasteiger partial charge in [-0.05, 0) is 35.9 Å². The number of hydrogen-bond acceptors (Lipinski definition) is 4. The second-order valence-electron chi connectivity index (χ2n) is 3.25. The van der Waals surface area contributed by atoms with Crippen LogP contribution in [0.4, 0.5) is 5.69 Å². The molecule has 0 aliphatic heterocycles. The molecule has 0 aliphatic carbocycles. The van der Waals surface area contributed by atoms with Gasteiger partial charge in [-0.3, -0.25) is 0 Å². The summed E-state index contributed by atoms with van der Waals surface area (Å²) in [7, 11) is 0. The molecule has 0 fully saturated rings. The fourth-order valence-electron chi connectivity index (χ4n) is 1.34. The first-order valence-electron chi connectivity index (χ1n) is 4.50. The van der Waals surface area contributed by atoms with E-state index in [-0.39, 0.29) is 16.3 Å². The van der Waals surface area contributed by atoms with Crippen molar-refractivity contribution in [3.63, 3.8) is 0 Å². The summed E-state index contributed by atoms with van der Waals surface area (Å²) in [6.45, 7) is 0. The minimum Gasteiger partial charge on any atom is -0.508 e. The number of nitrogens with two attached hydrogens (primary N) is 1. The smallest absolute Gasteiger partial charge is 0.348 e. The predicted molar refractivity (Wildman–Crippen MR) is 62.8 cm³/mol. The van der Waals surface area contributed by atoms with Crippen molar-refractivity contribution < 1.29 is 15.0 Å². The van der Waals surface area contributed by atoms with Crippen molar-refractivity contribution >= 4 is 23.0 Å². The Balaban J connectivity index is 2.45. The van der Waals surface area contributed by atoms with Gasteiger partial charge in [-0.15, -0.1) is 11.3 Å². The van der Waals surface area contributed by atoms with Crippen LogP contribution in [0.25, 0.3) is 10.4 Å². The van der Waals surface area contributed by atoms with Crippen molar-refractivity contribution in [1.29, 1.82) is 0 Å². The number of carbonyl (C=O) groups is 1. The molecule has 0 saturated heterocycles. The Morgan fingerprint density at radius 2 is 1.88 bits per heavy atom. The van der Waals surface area contributed by atoms with Crippen LogP contribution in [0.2, 0.25) is 0 Å². The second-order valence-corrected chi connectivity index (χ2v) is 4.30. The maximum Gasteiger partial charge on any atom is 0.348 e. The lowest BCUT2D eigenvalue weighted by molar-refractivity contribution is 0.0703. The number of aromatic hydroxyl groups is 1. The number of nitrogen functional groups attached to an aromatic ring is 1. The van der Waals surface area contributed by atoms with Gasteiger partial charge in [0, 0.05) is 4.88 Å². The molecule has 82 valence electrons. The molecule has 1 aromatic heterocycles. The van der Waals surface area contributed by atoms with Crippen LogP contribution in [-0.4, -0.2) is 16.2 Å². The third-order valence-electron chi connectivity index (χ3n) is 2.11. The van der Waals surface area contributed by atoms with Crippen LogP contribution < -0.4 is 5.73 Å². The molecule has 16 heavy (non-hydrogen) atoms. The van der Waals surface area contributed by atoms with E-state index in [1.54, 1.807) is 30.3 Å². The number of thiophene rings is 1. The van der Waals surface area contributed by atoms with Gasteiger partial charge in [0.2, 0.25) is 0 Å². The van der Waals surface area contributed by atoms with Gasteiger partial charge in [-0.2, -0.15) is 0 Å². The van der Waals surface area contributed by atoms with Gasteiger partial charge in [0.1, 0.15) is 10.6 Å². The Morgan fingerprint density at radius 3 is 2.38 bits per heavy atom. The van der Waals surface area contributed by atoms with Crippen molar-refractivity contribution in [2.24, 2.45) is 0 Å². The Bertz CT molecular complexity index is 531. The summed E-state index contributed by atoms with van der Waals surface area (Å²) in [6.07, 6.45) is 0. The van der Waals surface area contributed by atoms with Crippen molar-refractivity contribution in [2.45, 2.75) is 0 Å². The van der Waals surface area contributed by atoms with E-state index >= 15 is 0 Å². The minimum absolute atomic E-state index is 0.142. The fourth-order valence-corrected chi connectivity index (χ4v) is 2.26. The maximum atomic E-state index is 10.8. The normalized spacial score (nSPS) is 10.2. The van der Waals surface area contributed by atoms with Crippen LogP contribution in [0.15, 0.2) is 30.3 Å². The van der Waals surface area contributed by atoms with Crippen molar-refractivity contribution in [3.05, 3.63) is 35.2 Å². The number of carboxylic acid groups (broad SMARTS) is 1. The molecular weight excluding hydrogens is 226 g/mol. The molecule has 0 bridgehead atoms. The summed E-state index contributed by atoms with van der Waals surface area (Å²) in [5.74, 6) is -0.848. The topological polar surface area (TPSA) is 83.5 Å². The summed E-state index contributed by atoms with van der Waals surface area (Å²) < 4.78 is 0. The first-order valence-corrected chi connectivity index (χ1v) is 5.31. The van der Waals surface area contributed by atoms with E-state index in [1.807, 2.05) is 0 Å². The van der Waals surface area contributed by atoms with Gasteiger partial charge < -0.3 is 15.9 Å². The molecule has 4 nitrogen and oxygen atoms in total. The van der Waals surface area contributed by atoms with Crippen molar-refractivity contribution in [3.8, 4) is 16.2 Å². The van der Waals surface area contributed by atoms with Gasteiger partial charge >= 0.3 is 5.97 Å². The van der Waals surface area contributed by atoms with Gasteiger partial charge in [-0.1, -0.05) is 0 Å². The SMILES string of the molecule is Nc1cc(-c2ccc(O)cc2)sc1C(=O)O. The molecule has 0 radical (unpaired) electrons. The Kier molecular flexibility index (Phi) is 2.54. The molecule has 0 atom stereocenters. The highest BCUT2D eigenvalue weighted by molar-refractivity contribution is 7.17. The fraction of sp³-hybridized carbons (Fsp3) is 0. The number of rotatable bonds is 2. The standard InChI is InChI=1S/C11H9NO3S/c12-8-5-9(16-10(8)11(14)15)6-1-3-7(13)4-2-6/h1-5,13H,12H2,(H,14,15). The number of anilines is 1. The van der Waals surface area contributed by atoms with E-state index in [0.717, 1.165) is 21.8 Å². The zero-order valence-corrected chi connectivity index (χ0v) is 8.99. The largest absolute Gasteiger partial charge is 0.508 e. The maximum absolute atomic E-state index is 10.8. The van der Waals surface area contributed by atoms with Crippen LogP contribution >= 0.6 is 11.3 Å². The lowest BCUT2D eigenvalue weighted by Gasteiger charge is -1.96. The number of benzene rings is 1. The predicted octanol–water partition coefficient (Wildman–Crippen LogP) is 2.40. The van der Waals surface area contributed by atoms with Crippen LogP contribution in [0.1, 0.15) is 9.67 Å². The van der Waals surface area contributed by atoms with Crippen LogP contribution in [-0.2, 0) is 0 Å². The zero-order chi connectivity index (χ0) is 11.7. The quantitative estimate of drug-likeness (QED) is 0.746. The minimum atomic E-state index is -1.02. The average molecular weight is 235 g/mol. The van der Waals surface area contributed by atoms with E-state index in [0.29, 0.717) is 0 Å². The van der Waals surface area contributed by atoms with Gasteiger partial charge in [0.05, 0.1) is 5.69 Å². The van der Waals surface area contributed by atoms with Gasteiger partial charge in [0.15, 0.2) is 0 Å². The number of carboxylic acids is 1. The lowest BCUT2D eigenvalue weighted by Crippen LogP contribution is -1.96. The number of hydrogen-bond donors (Lipinski definition) is 3. The zero-order valence-electron chi connectivity index (χ0n) is 8.18. The summed E-state index contributed by atoms with van der Waals surface area (Å²) in [4.78, 5) is 11.7. The molecule has 0 aliphatic rings. The summed E-state index contributed by atoms with van der Waals surface area (Å²) >= 11 is 1.12. The van der Waals surface area contributed by atoms with E-state index in [2.05, 4.69) is 0 Å². The highest BCUT2D eigenvalue weighted by Gasteiger charge is 2.13. The second kappa shape index (κ2) is 3.86. The third kappa shape index (κ3) is 1.85. The Hall–Kier alpha value is -2.01. The first kappa shape index (κ1) is 10.5. The molecule has 5 heteroatoms. The van der Waals surface area contributed by atoms with Crippen molar-refractivity contribution in [1.82, 2.24) is 0 Å². The lowest BCUT2D eigenvalue weighted by atomic mass is 10.2. The molecule has 1 heterocycles. The molecule has 0 unspecified atom stereocenters. The molecule has 2 rings (SSSR count). The Morgan fingerprint density at radius 1 is 1.25 bits per heavy atom. The third-order valence-corrected chi connectivity index (χ3v) is 3.29. The molecule has 0 amide bonds. The molecule has 0 saturated carbocycles. The number of aromatic carboxylic acids is 1. The number of phenolic OH excluding ortho intramolecular Hbond substituents is 1. The van der Waals surface area contributed by atoms with Crippen LogP contribution in [0, 0.1) is 0 Å². The van der Waals surface area contributed by atoms with Gasteiger partial charge in [0.25, 0.3) is 0 Å². The highest BCUT2D eigenvalue weighted by Crippen LogP contribution is 2.33. The van der Waals surface area contributed by atoms with Crippen molar-refractivity contribution in [2.75, 3.05) is 5.73 Å². The molecule has 2 aromatic rings. The Labute approximate surface area is 95.6 Å². The van der Waals surface area contributed by atoms with Crippen LogP contribution in [0.3, 0.4) is 0 Å². The molecule has 0 spiro atoms. The average Bonchev–Trinajstić information content (AvgIpc) is 2.61. The molecule has 1 aromatic carbocycles. The summed E-state index contributed by atoms with van der Waals surface area (Å²) in [5.41, 5.74) is 6.69. The number of phenols is 1. The summed E-state index contributed by atoms with van der Waals surface area (Å²) in [5, 5.41) is 18.0. The van der Waals surface area contributed by atoms with E-state index in [1.165, 1.54) is 0 Å². The molecule has 4 N–H and O–H groups in total. The molecular formula is C11H9NO3S. The van der Waals surface area contributed by atoms with E-state index in [9.17, 15) is 4.79 Å². The van der Waals surface area contributed by atoms with E-state index < -0.39 is 5.97 Å². The highest BCUT2D eigenvalue weighted by atomic mass is 32.1. The first-order chi connectivity index (χ1) is 7.58. The summed E-state index contributed by atoms with van der Waals surface area (Å²) in [6, 6.07) is 8.15.